The number of hydrogen-bond donors (Lipinski definition) is 1. The number of aryl methyl sites for hydroxylation is 1. The van der Waals surface area contributed by atoms with Gasteiger partial charge < -0.3 is 19.7 Å². The lowest BCUT2D eigenvalue weighted by atomic mass is 10.0. The lowest BCUT2D eigenvalue weighted by Gasteiger charge is -2.17. The van der Waals surface area contributed by atoms with Crippen molar-refractivity contribution >= 4 is 16.8 Å². The zero-order valence-electron chi connectivity index (χ0n) is 16.3. The van der Waals surface area contributed by atoms with Crippen LogP contribution in [0.5, 0.6) is 11.5 Å². The molecular formula is C20H26N4O4. The van der Waals surface area contributed by atoms with Crippen molar-refractivity contribution in [3.63, 3.8) is 0 Å². The number of amides is 1. The van der Waals surface area contributed by atoms with Gasteiger partial charge in [0.25, 0.3) is 5.56 Å². The third kappa shape index (κ3) is 3.44. The fourth-order valence-corrected chi connectivity index (χ4v) is 4.26. The molecule has 28 heavy (non-hydrogen) atoms. The number of carbonyl (C=O) groups excluding carboxylic acids is 1. The molecule has 1 N–H and O–H groups in total. The molecule has 2 aromatic rings. The summed E-state index contributed by atoms with van der Waals surface area (Å²) >= 11 is 0. The van der Waals surface area contributed by atoms with Gasteiger partial charge in [-0.1, -0.05) is 0 Å². The van der Waals surface area contributed by atoms with Gasteiger partial charge in [0.1, 0.15) is 0 Å². The minimum absolute atomic E-state index is 0.139. The van der Waals surface area contributed by atoms with E-state index in [9.17, 15) is 9.59 Å². The number of nitrogens with zero attached hydrogens (tertiary/aromatic N) is 3. The molecule has 0 unspecified atom stereocenters. The average Bonchev–Trinajstić information content (AvgIpc) is 3.31. The highest BCUT2D eigenvalue weighted by atomic mass is 16.5. The molecule has 0 spiro atoms. The first-order valence-electron chi connectivity index (χ1n) is 9.70. The van der Waals surface area contributed by atoms with E-state index in [1.54, 1.807) is 23.8 Å². The molecule has 0 bridgehead atoms. The van der Waals surface area contributed by atoms with E-state index in [-0.39, 0.29) is 11.5 Å². The van der Waals surface area contributed by atoms with Gasteiger partial charge in [-0.25, -0.2) is 4.98 Å². The normalized spacial score (nSPS) is 21.1. The van der Waals surface area contributed by atoms with Crippen molar-refractivity contribution in [2.75, 3.05) is 40.4 Å². The maximum Gasteiger partial charge on any atom is 0.261 e. The van der Waals surface area contributed by atoms with Gasteiger partial charge in [0.15, 0.2) is 11.5 Å². The van der Waals surface area contributed by atoms with E-state index in [1.807, 2.05) is 4.90 Å². The first-order valence-corrected chi connectivity index (χ1v) is 9.70. The molecule has 0 aliphatic carbocycles. The molecule has 1 aromatic carbocycles. The van der Waals surface area contributed by atoms with Crippen LogP contribution in [0.2, 0.25) is 0 Å². The van der Waals surface area contributed by atoms with Crippen LogP contribution >= 0.6 is 0 Å². The molecule has 150 valence electrons. The molecule has 1 amide bonds. The fraction of sp³-hybridized carbons (Fsp3) is 0.550. The number of hydrogen-bond acceptors (Lipinski definition) is 6. The highest BCUT2D eigenvalue weighted by molar-refractivity contribution is 5.81. The summed E-state index contributed by atoms with van der Waals surface area (Å²) < 4.78 is 12.1. The Kier molecular flexibility index (Phi) is 5.21. The van der Waals surface area contributed by atoms with Crippen LogP contribution in [0.4, 0.5) is 0 Å². The topological polar surface area (TPSA) is 85.7 Å². The van der Waals surface area contributed by atoms with Crippen LogP contribution in [0.1, 0.15) is 12.8 Å². The summed E-state index contributed by atoms with van der Waals surface area (Å²) in [5.41, 5.74) is 0.423. The number of fused-ring (bicyclic) bond motifs is 2. The Balaban J connectivity index is 1.41. The molecule has 8 nitrogen and oxygen atoms in total. The van der Waals surface area contributed by atoms with Gasteiger partial charge in [0, 0.05) is 45.2 Å². The molecule has 1 aromatic heterocycles. The van der Waals surface area contributed by atoms with Crippen LogP contribution in [0.15, 0.2) is 23.3 Å². The van der Waals surface area contributed by atoms with Crippen molar-refractivity contribution in [3.8, 4) is 11.5 Å². The summed E-state index contributed by atoms with van der Waals surface area (Å²) in [4.78, 5) is 31.6. The Morgan fingerprint density at radius 3 is 2.54 bits per heavy atom. The largest absolute Gasteiger partial charge is 0.493 e. The van der Waals surface area contributed by atoms with Crippen LogP contribution < -0.4 is 20.3 Å². The number of aromatic nitrogens is 2. The van der Waals surface area contributed by atoms with Gasteiger partial charge in [-0.15, -0.1) is 0 Å². The molecule has 2 atom stereocenters. The first kappa shape index (κ1) is 18.7. The second kappa shape index (κ2) is 7.79. The van der Waals surface area contributed by atoms with Crippen molar-refractivity contribution in [2.45, 2.75) is 19.4 Å². The lowest BCUT2D eigenvalue weighted by molar-refractivity contribution is -0.130. The standard InChI is InChI=1S/C20H26N4O4/c1-27-17-6-15-16(7-18(17)28-2)22-12-23(20(15)26)5-3-4-19(25)24-10-13-8-21-9-14(13)11-24/h6-7,12-14,21H,3-5,8-11H2,1-2H3/t13-,14+. The molecule has 0 saturated carbocycles. The number of ether oxygens (including phenoxy) is 2. The van der Waals surface area contributed by atoms with E-state index in [1.165, 1.54) is 13.4 Å². The highest BCUT2D eigenvalue weighted by Gasteiger charge is 2.37. The van der Waals surface area contributed by atoms with E-state index in [0.29, 0.717) is 53.6 Å². The van der Waals surface area contributed by atoms with Crippen LogP contribution in [0.3, 0.4) is 0 Å². The van der Waals surface area contributed by atoms with E-state index in [4.69, 9.17) is 9.47 Å². The monoisotopic (exact) mass is 386 g/mol. The van der Waals surface area contributed by atoms with Gasteiger partial charge in [-0.3, -0.25) is 14.2 Å². The van der Waals surface area contributed by atoms with Crippen molar-refractivity contribution in [2.24, 2.45) is 11.8 Å². The van der Waals surface area contributed by atoms with Crippen LogP contribution in [-0.2, 0) is 11.3 Å². The number of rotatable bonds is 6. The zero-order valence-corrected chi connectivity index (χ0v) is 16.3. The smallest absolute Gasteiger partial charge is 0.261 e. The number of nitrogens with one attached hydrogen (secondary N) is 1. The van der Waals surface area contributed by atoms with E-state index in [2.05, 4.69) is 10.3 Å². The van der Waals surface area contributed by atoms with Crippen LogP contribution in [0, 0.1) is 11.8 Å². The quantitative estimate of drug-likeness (QED) is 0.793. The predicted octanol–water partition coefficient (Wildman–Crippen LogP) is 0.872. The van der Waals surface area contributed by atoms with E-state index >= 15 is 0 Å². The molecule has 8 heteroatoms. The SMILES string of the molecule is COc1cc2ncn(CCCC(=O)N3C[C@H]4CNC[C@H]4C3)c(=O)c2cc1OC. The molecule has 2 saturated heterocycles. The molecule has 4 rings (SSSR count). The Morgan fingerprint density at radius 2 is 1.86 bits per heavy atom. The van der Waals surface area contributed by atoms with Gasteiger partial charge in [-0.05, 0) is 24.3 Å². The summed E-state index contributed by atoms with van der Waals surface area (Å²) in [6.07, 6.45) is 2.60. The third-order valence-electron chi connectivity index (χ3n) is 5.86. The van der Waals surface area contributed by atoms with Crippen LogP contribution in [0.25, 0.3) is 10.9 Å². The lowest BCUT2D eigenvalue weighted by Crippen LogP contribution is -2.32. The molecule has 2 aliphatic rings. The molecule has 2 aliphatic heterocycles. The predicted molar refractivity (Wildman–Crippen MR) is 105 cm³/mol. The van der Waals surface area contributed by atoms with Gasteiger partial charge in [0.05, 0.1) is 31.4 Å². The average molecular weight is 386 g/mol. The van der Waals surface area contributed by atoms with Crippen molar-refractivity contribution in [3.05, 3.63) is 28.8 Å². The van der Waals surface area contributed by atoms with Crippen molar-refractivity contribution in [1.29, 1.82) is 0 Å². The van der Waals surface area contributed by atoms with E-state index in [0.717, 1.165) is 26.2 Å². The Labute approximate surface area is 163 Å². The number of methoxy groups -OCH3 is 2. The Morgan fingerprint density at radius 1 is 1.18 bits per heavy atom. The first-order chi connectivity index (χ1) is 13.6. The number of carbonyl (C=O) groups is 1. The Bertz CT molecular complexity index is 930. The second-order valence-corrected chi connectivity index (χ2v) is 7.55. The molecule has 2 fully saturated rings. The zero-order chi connectivity index (χ0) is 19.7. The Hall–Kier alpha value is -2.61. The summed E-state index contributed by atoms with van der Waals surface area (Å²) in [5.74, 6) is 2.42. The maximum atomic E-state index is 12.8. The maximum absolute atomic E-state index is 12.8. The fourth-order valence-electron chi connectivity index (χ4n) is 4.26. The number of likely N-dealkylation sites (tertiary alicyclic amines) is 1. The summed E-state index contributed by atoms with van der Waals surface area (Å²) in [7, 11) is 3.08. The van der Waals surface area contributed by atoms with Crippen molar-refractivity contribution < 1.29 is 14.3 Å². The second-order valence-electron chi connectivity index (χ2n) is 7.55. The molecule has 3 heterocycles. The van der Waals surface area contributed by atoms with Gasteiger partial charge in [-0.2, -0.15) is 0 Å². The minimum atomic E-state index is -0.139. The van der Waals surface area contributed by atoms with E-state index < -0.39 is 0 Å². The minimum Gasteiger partial charge on any atom is -0.493 e. The number of benzene rings is 1. The van der Waals surface area contributed by atoms with Crippen LogP contribution in [-0.4, -0.2) is 60.8 Å². The van der Waals surface area contributed by atoms with Crippen molar-refractivity contribution in [1.82, 2.24) is 19.8 Å². The molecular weight excluding hydrogens is 360 g/mol. The summed E-state index contributed by atoms with van der Waals surface area (Å²) in [6.45, 7) is 4.21. The van der Waals surface area contributed by atoms with Gasteiger partial charge >= 0.3 is 0 Å². The summed E-state index contributed by atoms with van der Waals surface area (Å²) in [5, 5.41) is 3.86. The van der Waals surface area contributed by atoms with Gasteiger partial charge in [0.2, 0.25) is 5.91 Å². The molecule has 0 radical (unpaired) electrons. The summed E-state index contributed by atoms with van der Waals surface area (Å²) in [6, 6.07) is 3.35. The third-order valence-corrected chi connectivity index (χ3v) is 5.86. The highest BCUT2D eigenvalue weighted by Crippen LogP contribution is 2.30.